The normalized spacial score (nSPS) is 29.7. The molecule has 1 rings (SSSR count). The van der Waals surface area contributed by atoms with E-state index in [4.69, 9.17) is 16.3 Å². The molecule has 9 heavy (non-hydrogen) atoms. The van der Waals surface area contributed by atoms with E-state index in [1.54, 1.807) is 0 Å². The van der Waals surface area contributed by atoms with Gasteiger partial charge in [-0.3, -0.25) is 0 Å². The molecule has 3 heteroatoms. The van der Waals surface area contributed by atoms with Crippen molar-refractivity contribution in [2.75, 3.05) is 12.1 Å². The molecular weight excluding hydrogens is 152 g/mol. The third-order valence-corrected chi connectivity index (χ3v) is 3.87. The van der Waals surface area contributed by atoms with Gasteiger partial charge in [-0.25, -0.2) is 0 Å². The van der Waals surface area contributed by atoms with Crippen molar-refractivity contribution in [3.05, 3.63) is 0 Å². The summed E-state index contributed by atoms with van der Waals surface area (Å²) in [6.07, 6.45) is 3.89. The van der Waals surface area contributed by atoms with Gasteiger partial charge in [0.25, 0.3) is 0 Å². The molecule has 0 aliphatic carbocycles. The van der Waals surface area contributed by atoms with Crippen LogP contribution < -0.4 is 0 Å². The van der Waals surface area contributed by atoms with Crippen molar-refractivity contribution in [3.8, 4) is 0 Å². The van der Waals surface area contributed by atoms with E-state index in [1.165, 1.54) is 19.3 Å². The van der Waals surface area contributed by atoms with Crippen molar-refractivity contribution >= 4 is 21.1 Å². The fraction of sp³-hybridized carbons (Fsp3) is 1.00. The van der Waals surface area contributed by atoms with Crippen molar-refractivity contribution in [1.82, 2.24) is 0 Å². The summed E-state index contributed by atoms with van der Waals surface area (Å²) < 4.78 is 5.50. The molecule has 1 atom stereocenters. The maximum Gasteiger partial charge on any atom is 0.0726 e. The van der Waals surface area contributed by atoms with Gasteiger partial charge in [0.2, 0.25) is 0 Å². The van der Waals surface area contributed by atoms with Gasteiger partial charge in [-0.05, 0) is 19.3 Å². The third kappa shape index (κ3) is 2.69. The lowest BCUT2D eigenvalue weighted by atomic mass is 10.2. The fourth-order valence-corrected chi connectivity index (χ4v) is 3.04. The molecule has 0 aromatic carbocycles. The molecule has 0 N–H and O–H groups in total. The average Bonchev–Trinajstić information content (AvgIpc) is 1.91. The zero-order valence-corrected chi connectivity index (χ0v) is 7.78. The maximum absolute atomic E-state index is 5.62. The lowest BCUT2D eigenvalue weighted by Gasteiger charge is -2.20. The molecule has 0 saturated carbocycles. The Morgan fingerprint density at radius 3 is 3.00 bits per heavy atom. The van der Waals surface area contributed by atoms with Crippen LogP contribution in [-0.4, -0.2) is 27.4 Å². The Balaban J connectivity index is 2.08. The molecule has 0 aromatic heterocycles. The molecule has 1 unspecified atom stereocenters. The van der Waals surface area contributed by atoms with E-state index in [0.29, 0.717) is 5.73 Å². The summed E-state index contributed by atoms with van der Waals surface area (Å²) in [6, 6.07) is 0. The minimum atomic E-state index is -0.0809. The van der Waals surface area contributed by atoms with Crippen molar-refractivity contribution in [2.45, 2.75) is 25.0 Å². The van der Waals surface area contributed by atoms with Crippen molar-refractivity contribution in [2.24, 2.45) is 0 Å². The number of hydrogen-bond donors (Lipinski definition) is 0. The van der Waals surface area contributed by atoms with Gasteiger partial charge in [-0.15, -0.1) is 11.6 Å². The number of hydrogen-bond acceptors (Lipinski definition) is 1. The minimum absolute atomic E-state index is 0.0809. The first kappa shape index (κ1) is 7.57. The predicted octanol–water partition coefficient (Wildman–Crippen LogP) is 0.878. The summed E-state index contributed by atoms with van der Waals surface area (Å²) in [6.45, 7) is 0.981. The average molecular weight is 165 g/mol. The quantitative estimate of drug-likeness (QED) is 0.435. The van der Waals surface area contributed by atoms with Crippen LogP contribution in [-0.2, 0) is 4.74 Å². The SMILES string of the molecule is ClC[SiH2]C1CCCCO1. The van der Waals surface area contributed by atoms with Crippen LogP contribution in [0.15, 0.2) is 0 Å². The molecule has 54 valence electrons. The Labute approximate surface area is 63.5 Å². The highest BCUT2D eigenvalue weighted by Crippen LogP contribution is 2.11. The van der Waals surface area contributed by atoms with Gasteiger partial charge in [0.1, 0.15) is 0 Å². The molecule has 1 fully saturated rings. The summed E-state index contributed by atoms with van der Waals surface area (Å²) in [4.78, 5) is 0. The Hall–Kier alpha value is 0.467. The highest BCUT2D eigenvalue weighted by molar-refractivity contribution is 6.51. The first-order valence-corrected chi connectivity index (χ1v) is 5.96. The fourth-order valence-electron chi connectivity index (χ4n) is 1.16. The second kappa shape index (κ2) is 4.31. The van der Waals surface area contributed by atoms with Gasteiger partial charge >= 0.3 is 0 Å². The lowest BCUT2D eigenvalue weighted by molar-refractivity contribution is 0.0654. The van der Waals surface area contributed by atoms with Gasteiger partial charge in [0, 0.05) is 17.8 Å². The van der Waals surface area contributed by atoms with Crippen LogP contribution >= 0.6 is 11.6 Å². The largest absolute Gasteiger partial charge is 0.382 e. The highest BCUT2D eigenvalue weighted by Gasteiger charge is 2.12. The summed E-state index contributed by atoms with van der Waals surface area (Å²) in [5.74, 6) is 0. The Morgan fingerprint density at radius 1 is 1.56 bits per heavy atom. The summed E-state index contributed by atoms with van der Waals surface area (Å²) in [7, 11) is -0.0809. The topological polar surface area (TPSA) is 9.23 Å². The van der Waals surface area contributed by atoms with Crippen LogP contribution in [0.25, 0.3) is 0 Å². The van der Waals surface area contributed by atoms with E-state index in [1.807, 2.05) is 0 Å². The molecule has 1 heterocycles. The molecule has 1 saturated heterocycles. The number of halogens is 1. The molecule has 0 aromatic rings. The van der Waals surface area contributed by atoms with E-state index >= 15 is 0 Å². The second-order valence-corrected chi connectivity index (χ2v) is 5.47. The number of ether oxygens (including phenoxy) is 1. The van der Waals surface area contributed by atoms with E-state index in [2.05, 4.69) is 0 Å². The molecule has 1 nitrogen and oxygen atoms in total. The van der Waals surface area contributed by atoms with Crippen molar-refractivity contribution in [3.63, 3.8) is 0 Å². The van der Waals surface area contributed by atoms with Gasteiger partial charge < -0.3 is 4.74 Å². The zero-order valence-electron chi connectivity index (χ0n) is 5.61. The van der Waals surface area contributed by atoms with E-state index in [0.717, 1.165) is 12.1 Å². The van der Waals surface area contributed by atoms with Crippen LogP contribution in [0.2, 0.25) is 0 Å². The number of rotatable bonds is 2. The van der Waals surface area contributed by atoms with Gasteiger partial charge in [0.05, 0.1) is 9.52 Å². The van der Waals surface area contributed by atoms with Crippen LogP contribution in [0.4, 0.5) is 0 Å². The van der Waals surface area contributed by atoms with Crippen molar-refractivity contribution in [1.29, 1.82) is 0 Å². The van der Waals surface area contributed by atoms with Crippen LogP contribution in [0.1, 0.15) is 19.3 Å². The van der Waals surface area contributed by atoms with Crippen LogP contribution in [0, 0.1) is 0 Å². The van der Waals surface area contributed by atoms with Gasteiger partial charge in [0.15, 0.2) is 0 Å². The molecular formula is C6H13ClOSi. The monoisotopic (exact) mass is 164 g/mol. The highest BCUT2D eigenvalue weighted by atomic mass is 35.5. The smallest absolute Gasteiger partial charge is 0.0726 e. The van der Waals surface area contributed by atoms with Crippen LogP contribution in [0.5, 0.6) is 0 Å². The van der Waals surface area contributed by atoms with Crippen LogP contribution in [0.3, 0.4) is 0 Å². The first-order chi connectivity index (χ1) is 4.43. The Bertz CT molecular complexity index is 70.7. The molecule has 1 aliphatic rings. The summed E-state index contributed by atoms with van der Waals surface area (Å²) in [5.41, 5.74) is 1.49. The summed E-state index contributed by atoms with van der Waals surface area (Å²) >= 11 is 5.62. The lowest BCUT2D eigenvalue weighted by Crippen LogP contribution is -2.26. The molecule has 0 bridgehead atoms. The van der Waals surface area contributed by atoms with Crippen molar-refractivity contribution < 1.29 is 4.74 Å². The Morgan fingerprint density at radius 2 is 2.44 bits per heavy atom. The third-order valence-electron chi connectivity index (χ3n) is 1.71. The minimum Gasteiger partial charge on any atom is -0.382 e. The standard InChI is InChI=1S/C6H13ClOSi/c7-5-9-6-3-1-2-4-8-6/h6H,1-5,9H2. The zero-order chi connectivity index (χ0) is 6.53. The first-order valence-electron chi connectivity index (χ1n) is 3.61. The summed E-state index contributed by atoms with van der Waals surface area (Å²) in [5, 5.41) is 0. The predicted molar refractivity (Wildman–Crippen MR) is 42.9 cm³/mol. The Kier molecular flexibility index (Phi) is 3.63. The van der Waals surface area contributed by atoms with E-state index < -0.39 is 0 Å². The molecule has 0 radical (unpaired) electrons. The molecule has 0 amide bonds. The van der Waals surface area contributed by atoms with Gasteiger partial charge in [-0.1, -0.05) is 0 Å². The van der Waals surface area contributed by atoms with E-state index in [-0.39, 0.29) is 9.52 Å². The maximum atomic E-state index is 5.62. The van der Waals surface area contributed by atoms with E-state index in [9.17, 15) is 0 Å². The molecule has 1 aliphatic heterocycles. The second-order valence-electron chi connectivity index (χ2n) is 2.47. The number of alkyl halides is 1. The molecule has 0 spiro atoms. The van der Waals surface area contributed by atoms with Gasteiger partial charge in [-0.2, -0.15) is 0 Å².